The van der Waals surface area contributed by atoms with Crippen LogP contribution in [0.25, 0.3) is 0 Å². The predicted octanol–water partition coefficient (Wildman–Crippen LogP) is 3.77. The fourth-order valence-corrected chi connectivity index (χ4v) is 3.21. The second kappa shape index (κ2) is 8.00. The Balaban J connectivity index is 1.88. The van der Waals surface area contributed by atoms with Gasteiger partial charge in [0.1, 0.15) is 30.4 Å². The maximum atomic E-state index is 13.1. The molecule has 0 saturated carbocycles. The third-order valence-electron chi connectivity index (χ3n) is 4.56. The van der Waals surface area contributed by atoms with E-state index in [0.29, 0.717) is 28.4 Å². The van der Waals surface area contributed by atoms with Gasteiger partial charge in [-0.15, -0.1) is 0 Å². The van der Waals surface area contributed by atoms with Crippen LogP contribution in [0.1, 0.15) is 17.2 Å². The van der Waals surface area contributed by atoms with Crippen LogP contribution in [-0.4, -0.2) is 44.4 Å². The lowest BCUT2D eigenvalue weighted by Gasteiger charge is -2.37. The van der Waals surface area contributed by atoms with Gasteiger partial charge in [0.15, 0.2) is 0 Å². The Bertz CT molecular complexity index is 836. The van der Waals surface area contributed by atoms with Gasteiger partial charge in [-0.2, -0.15) is 13.2 Å². The van der Waals surface area contributed by atoms with Crippen molar-refractivity contribution in [1.82, 2.24) is 4.90 Å². The van der Waals surface area contributed by atoms with Crippen molar-refractivity contribution in [2.24, 2.45) is 0 Å². The number of hydrogen-bond acceptors (Lipinski definition) is 4. The molecule has 150 valence electrons. The molecular formula is C20H20F3NO4. The second-order valence-electron chi connectivity index (χ2n) is 6.38. The van der Waals surface area contributed by atoms with Crippen LogP contribution in [0.2, 0.25) is 0 Å². The van der Waals surface area contributed by atoms with Crippen LogP contribution in [0.3, 0.4) is 0 Å². The Morgan fingerprint density at radius 3 is 2.21 bits per heavy atom. The van der Waals surface area contributed by atoms with Crippen molar-refractivity contribution in [2.75, 3.05) is 27.4 Å². The van der Waals surface area contributed by atoms with E-state index in [1.807, 2.05) is 0 Å². The van der Waals surface area contributed by atoms with Crippen LogP contribution in [0.4, 0.5) is 13.2 Å². The van der Waals surface area contributed by atoms with E-state index in [9.17, 15) is 18.0 Å². The summed E-state index contributed by atoms with van der Waals surface area (Å²) in [6.45, 7) is -1.43. The third-order valence-corrected chi connectivity index (χ3v) is 4.56. The first kappa shape index (κ1) is 19.9. The molecule has 8 heteroatoms. The quantitative estimate of drug-likeness (QED) is 0.747. The second-order valence-corrected chi connectivity index (χ2v) is 6.38. The first-order valence-electron chi connectivity index (χ1n) is 8.60. The number of nitrogens with zero attached hydrogens (tertiary/aromatic N) is 1. The maximum Gasteiger partial charge on any atom is 0.406 e. The molecule has 1 amide bonds. The summed E-state index contributed by atoms with van der Waals surface area (Å²) in [5, 5.41) is 0. The summed E-state index contributed by atoms with van der Waals surface area (Å²) in [7, 11) is 3.02. The number of halogens is 3. The molecule has 0 aromatic heterocycles. The van der Waals surface area contributed by atoms with Crippen LogP contribution in [0, 0.1) is 0 Å². The maximum absolute atomic E-state index is 13.1. The Labute approximate surface area is 160 Å². The molecule has 1 heterocycles. The van der Waals surface area contributed by atoms with Crippen molar-refractivity contribution in [2.45, 2.75) is 18.6 Å². The standard InChI is InChI=1S/C20H20F3NO4/c1-26-14-3-5-15(6-4-14)28-11-18-17-8-7-16(27-2)9-13(17)10-19(25)24(18)12-20(21,22)23/h3-9,18H,10-12H2,1-2H3. The first-order chi connectivity index (χ1) is 13.3. The molecule has 1 aliphatic rings. The number of alkyl halides is 3. The molecule has 2 aromatic carbocycles. The normalized spacial score (nSPS) is 16.5. The monoisotopic (exact) mass is 395 g/mol. The summed E-state index contributed by atoms with van der Waals surface area (Å²) >= 11 is 0. The molecule has 1 unspecified atom stereocenters. The van der Waals surface area contributed by atoms with E-state index in [1.54, 1.807) is 42.5 Å². The number of carbonyl (C=O) groups excluding carboxylic acids is 1. The van der Waals surface area contributed by atoms with Gasteiger partial charge >= 0.3 is 6.18 Å². The average molecular weight is 395 g/mol. The Morgan fingerprint density at radius 1 is 1.00 bits per heavy atom. The molecule has 3 rings (SSSR count). The lowest BCUT2D eigenvalue weighted by atomic mass is 9.92. The molecule has 1 aliphatic heterocycles. The van der Waals surface area contributed by atoms with Gasteiger partial charge in [0.05, 0.1) is 26.7 Å². The Kier molecular flexibility index (Phi) is 5.67. The summed E-state index contributed by atoms with van der Waals surface area (Å²) in [4.78, 5) is 13.3. The number of amides is 1. The number of methoxy groups -OCH3 is 2. The highest BCUT2D eigenvalue weighted by Gasteiger charge is 2.40. The topological polar surface area (TPSA) is 48.0 Å². The smallest absolute Gasteiger partial charge is 0.406 e. The fourth-order valence-electron chi connectivity index (χ4n) is 3.21. The van der Waals surface area contributed by atoms with Crippen LogP contribution in [0.15, 0.2) is 42.5 Å². The highest BCUT2D eigenvalue weighted by molar-refractivity contribution is 5.82. The van der Waals surface area contributed by atoms with E-state index in [-0.39, 0.29) is 13.0 Å². The number of rotatable bonds is 6. The zero-order valence-corrected chi connectivity index (χ0v) is 15.5. The van der Waals surface area contributed by atoms with Crippen molar-refractivity contribution < 1.29 is 32.2 Å². The number of carbonyl (C=O) groups is 1. The van der Waals surface area contributed by atoms with Crippen LogP contribution < -0.4 is 14.2 Å². The van der Waals surface area contributed by atoms with E-state index in [2.05, 4.69) is 0 Å². The van der Waals surface area contributed by atoms with Crippen LogP contribution in [0.5, 0.6) is 17.2 Å². The summed E-state index contributed by atoms with van der Waals surface area (Å²) in [5.41, 5.74) is 1.27. The van der Waals surface area contributed by atoms with Gasteiger partial charge in [-0.25, -0.2) is 0 Å². The fraction of sp³-hybridized carbons (Fsp3) is 0.350. The van der Waals surface area contributed by atoms with E-state index in [4.69, 9.17) is 14.2 Å². The summed E-state index contributed by atoms with van der Waals surface area (Å²) < 4.78 is 55.1. The highest BCUT2D eigenvalue weighted by Crippen LogP contribution is 2.35. The molecule has 28 heavy (non-hydrogen) atoms. The minimum atomic E-state index is -4.50. The summed E-state index contributed by atoms with van der Waals surface area (Å²) in [6.07, 6.45) is -4.61. The van der Waals surface area contributed by atoms with Crippen molar-refractivity contribution in [3.8, 4) is 17.2 Å². The zero-order valence-electron chi connectivity index (χ0n) is 15.5. The molecule has 0 fully saturated rings. The molecule has 0 radical (unpaired) electrons. The van der Waals surface area contributed by atoms with Gasteiger partial charge in [0, 0.05) is 0 Å². The van der Waals surface area contributed by atoms with Gasteiger partial charge in [-0.05, 0) is 47.5 Å². The molecule has 5 nitrogen and oxygen atoms in total. The summed E-state index contributed by atoms with van der Waals surface area (Å²) in [5.74, 6) is 1.06. The Hall–Kier alpha value is -2.90. The largest absolute Gasteiger partial charge is 0.497 e. The molecule has 0 saturated heterocycles. The molecule has 0 spiro atoms. The number of benzene rings is 2. The molecule has 2 aromatic rings. The van der Waals surface area contributed by atoms with Gasteiger partial charge < -0.3 is 19.1 Å². The molecule has 1 atom stereocenters. The van der Waals surface area contributed by atoms with E-state index >= 15 is 0 Å². The van der Waals surface area contributed by atoms with Gasteiger partial charge in [0.2, 0.25) is 5.91 Å². The lowest BCUT2D eigenvalue weighted by Crippen LogP contribution is -2.47. The predicted molar refractivity (Wildman–Crippen MR) is 95.7 cm³/mol. The zero-order chi connectivity index (χ0) is 20.3. The number of fused-ring (bicyclic) bond motifs is 1. The average Bonchev–Trinajstić information content (AvgIpc) is 2.67. The molecule has 0 bridgehead atoms. The van der Waals surface area contributed by atoms with Crippen molar-refractivity contribution in [1.29, 1.82) is 0 Å². The molecule has 0 N–H and O–H groups in total. The SMILES string of the molecule is COc1ccc(OCC2c3ccc(OC)cc3CC(=O)N2CC(F)(F)F)cc1. The van der Waals surface area contributed by atoms with Crippen LogP contribution >= 0.6 is 0 Å². The molecular weight excluding hydrogens is 375 g/mol. The van der Waals surface area contributed by atoms with E-state index in [1.165, 1.54) is 14.2 Å². The number of hydrogen-bond donors (Lipinski definition) is 0. The lowest BCUT2D eigenvalue weighted by molar-refractivity contribution is -0.168. The van der Waals surface area contributed by atoms with Gasteiger partial charge in [-0.3, -0.25) is 4.79 Å². The van der Waals surface area contributed by atoms with Crippen molar-refractivity contribution in [3.05, 3.63) is 53.6 Å². The van der Waals surface area contributed by atoms with Gasteiger partial charge in [0.25, 0.3) is 0 Å². The van der Waals surface area contributed by atoms with E-state index in [0.717, 1.165) is 4.90 Å². The minimum absolute atomic E-state index is 0.104. The van der Waals surface area contributed by atoms with Crippen molar-refractivity contribution >= 4 is 5.91 Å². The Morgan fingerprint density at radius 2 is 1.61 bits per heavy atom. The highest BCUT2D eigenvalue weighted by atomic mass is 19.4. The first-order valence-corrected chi connectivity index (χ1v) is 8.60. The van der Waals surface area contributed by atoms with E-state index < -0.39 is 24.7 Å². The minimum Gasteiger partial charge on any atom is -0.497 e. The molecule has 0 aliphatic carbocycles. The van der Waals surface area contributed by atoms with Crippen molar-refractivity contribution in [3.63, 3.8) is 0 Å². The van der Waals surface area contributed by atoms with Crippen LogP contribution in [-0.2, 0) is 11.2 Å². The third kappa shape index (κ3) is 4.49. The van der Waals surface area contributed by atoms with Gasteiger partial charge in [-0.1, -0.05) is 6.07 Å². The number of ether oxygens (including phenoxy) is 3. The summed E-state index contributed by atoms with van der Waals surface area (Å²) in [6, 6.07) is 10.9.